The van der Waals surface area contributed by atoms with Crippen LogP contribution < -0.4 is 25.8 Å². The van der Waals surface area contributed by atoms with E-state index in [0.717, 1.165) is 23.2 Å². The molecular weight excluding hydrogens is 448 g/mol. The number of benzene rings is 2. The zero-order valence-electron chi connectivity index (χ0n) is 20.4. The molecule has 0 saturated carbocycles. The van der Waals surface area contributed by atoms with Crippen LogP contribution in [0.15, 0.2) is 36.5 Å². The minimum atomic E-state index is -0.816. The molecule has 0 aliphatic heterocycles. The maximum absolute atomic E-state index is 12.3. The largest absolute Gasteiger partial charge is 0.490 e. The van der Waals surface area contributed by atoms with E-state index in [9.17, 15) is 9.90 Å². The summed E-state index contributed by atoms with van der Waals surface area (Å²) in [6.45, 7) is 7.27. The average molecular weight is 483 g/mol. The Hall–Kier alpha value is -3.40. The molecule has 0 spiro atoms. The molecular formula is C26H34N4O5. The van der Waals surface area contributed by atoms with Gasteiger partial charge in [0, 0.05) is 36.4 Å². The van der Waals surface area contributed by atoms with E-state index in [-0.39, 0.29) is 18.7 Å². The molecule has 1 atom stereocenters. The van der Waals surface area contributed by atoms with E-state index in [4.69, 9.17) is 20.3 Å². The van der Waals surface area contributed by atoms with Crippen molar-refractivity contribution in [3.8, 4) is 11.5 Å². The van der Waals surface area contributed by atoms with Crippen LogP contribution in [0.4, 0.5) is 11.4 Å². The predicted octanol–water partition coefficient (Wildman–Crippen LogP) is 2.88. The molecule has 0 aliphatic carbocycles. The standard InChI is InChI=1S/C26H34N4O5/c1-4-18-16(12-28-13-17(32)15-31)8-7-9-21(18)30-25-19-10-23(34-5-2)24(35-6-3)11-22(19)29-14-20(25)26(27)33/h7-11,14,17,28,31-32H,4-6,12-13,15H2,1-3H3,(H2,27,33)(H,29,30). The quantitative estimate of drug-likeness (QED) is 0.251. The Morgan fingerprint density at radius 3 is 2.49 bits per heavy atom. The minimum Gasteiger partial charge on any atom is -0.490 e. The van der Waals surface area contributed by atoms with Crippen molar-refractivity contribution in [1.29, 1.82) is 0 Å². The second kappa shape index (κ2) is 12.3. The third-order valence-corrected chi connectivity index (χ3v) is 5.59. The zero-order chi connectivity index (χ0) is 25.4. The van der Waals surface area contributed by atoms with Gasteiger partial charge in [-0.05, 0) is 43.5 Å². The number of hydrogen-bond acceptors (Lipinski definition) is 8. The van der Waals surface area contributed by atoms with Gasteiger partial charge >= 0.3 is 0 Å². The summed E-state index contributed by atoms with van der Waals surface area (Å²) in [5.41, 5.74) is 10.1. The van der Waals surface area contributed by atoms with Gasteiger partial charge in [-0.1, -0.05) is 19.1 Å². The summed E-state index contributed by atoms with van der Waals surface area (Å²) < 4.78 is 11.5. The predicted molar refractivity (Wildman–Crippen MR) is 137 cm³/mol. The number of fused-ring (bicyclic) bond motifs is 1. The van der Waals surface area contributed by atoms with Crippen LogP contribution in [0.3, 0.4) is 0 Å². The molecule has 6 N–H and O–H groups in total. The lowest BCUT2D eigenvalue weighted by Crippen LogP contribution is -2.29. The molecule has 35 heavy (non-hydrogen) atoms. The molecule has 1 amide bonds. The molecule has 0 radical (unpaired) electrons. The number of pyridine rings is 1. The van der Waals surface area contributed by atoms with E-state index in [0.29, 0.717) is 47.8 Å². The molecule has 1 aromatic heterocycles. The number of aliphatic hydroxyl groups excluding tert-OH is 2. The van der Waals surface area contributed by atoms with Gasteiger partial charge in [0.25, 0.3) is 5.91 Å². The fourth-order valence-corrected chi connectivity index (χ4v) is 3.97. The number of primary amides is 1. The number of nitrogens with zero attached hydrogens (tertiary/aromatic N) is 1. The van der Waals surface area contributed by atoms with E-state index < -0.39 is 12.0 Å². The average Bonchev–Trinajstić information content (AvgIpc) is 2.84. The number of nitrogens with one attached hydrogen (secondary N) is 2. The van der Waals surface area contributed by atoms with Gasteiger partial charge in [0.2, 0.25) is 0 Å². The molecule has 3 rings (SSSR count). The molecule has 0 bridgehead atoms. The molecule has 3 aromatic rings. The van der Waals surface area contributed by atoms with E-state index in [2.05, 4.69) is 15.6 Å². The first kappa shape index (κ1) is 26.2. The van der Waals surface area contributed by atoms with Crippen LogP contribution in [0.2, 0.25) is 0 Å². The Morgan fingerprint density at radius 2 is 1.86 bits per heavy atom. The summed E-state index contributed by atoms with van der Waals surface area (Å²) in [7, 11) is 0. The smallest absolute Gasteiger partial charge is 0.252 e. The molecule has 0 aliphatic rings. The molecule has 1 unspecified atom stereocenters. The normalized spacial score (nSPS) is 11.9. The summed E-state index contributed by atoms with van der Waals surface area (Å²) in [5.74, 6) is 0.548. The summed E-state index contributed by atoms with van der Waals surface area (Å²) in [4.78, 5) is 16.8. The number of anilines is 2. The van der Waals surface area contributed by atoms with Crippen molar-refractivity contribution in [2.75, 3.05) is 31.7 Å². The van der Waals surface area contributed by atoms with Gasteiger partial charge in [0.05, 0.1) is 42.7 Å². The van der Waals surface area contributed by atoms with E-state index in [1.54, 1.807) is 6.07 Å². The van der Waals surface area contributed by atoms with Crippen molar-refractivity contribution in [2.45, 2.75) is 39.8 Å². The number of ether oxygens (including phenoxy) is 2. The van der Waals surface area contributed by atoms with Crippen molar-refractivity contribution in [1.82, 2.24) is 10.3 Å². The van der Waals surface area contributed by atoms with Crippen LogP contribution in [0.5, 0.6) is 11.5 Å². The van der Waals surface area contributed by atoms with Gasteiger partial charge < -0.3 is 36.1 Å². The Kier molecular flexibility index (Phi) is 9.25. The SMILES string of the molecule is CCOc1cc2ncc(C(N)=O)c(Nc3cccc(CNCC(O)CO)c3CC)c2cc1OCC. The molecule has 1 heterocycles. The van der Waals surface area contributed by atoms with E-state index in [1.165, 1.54) is 6.20 Å². The van der Waals surface area contributed by atoms with Gasteiger partial charge in [0.1, 0.15) is 0 Å². The monoisotopic (exact) mass is 482 g/mol. The Labute approximate surface area is 205 Å². The fourth-order valence-electron chi connectivity index (χ4n) is 3.97. The van der Waals surface area contributed by atoms with Crippen molar-refractivity contribution in [3.63, 3.8) is 0 Å². The highest BCUT2D eigenvalue weighted by Gasteiger charge is 2.18. The molecule has 9 heteroatoms. The first-order chi connectivity index (χ1) is 16.9. The number of hydrogen-bond donors (Lipinski definition) is 5. The highest BCUT2D eigenvalue weighted by Crippen LogP contribution is 2.38. The fraction of sp³-hybridized carbons (Fsp3) is 0.385. The minimum absolute atomic E-state index is 0.265. The van der Waals surface area contributed by atoms with Crippen LogP contribution in [-0.2, 0) is 13.0 Å². The Balaban J connectivity index is 2.08. The summed E-state index contributed by atoms with van der Waals surface area (Å²) in [6.07, 6.45) is 1.39. The zero-order valence-corrected chi connectivity index (χ0v) is 20.4. The van der Waals surface area contributed by atoms with Gasteiger partial charge in [-0.2, -0.15) is 0 Å². The number of rotatable bonds is 13. The summed E-state index contributed by atoms with van der Waals surface area (Å²) in [5, 5.41) is 25.9. The molecule has 2 aromatic carbocycles. The number of amides is 1. The maximum Gasteiger partial charge on any atom is 0.252 e. The maximum atomic E-state index is 12.3. The van der Waals surface area contributed by atoms with Gasteiger partial charge in [-0.3, -0.25) is 9.78 Å². The highest BCUT2D eigenvalue weighted by molar-refractivity contribution is 6.08. The van der Waals surface area contributed by atoms with Crippen molar-refractivity contribution in [3.05, 3.63) is 53.2 Å². The van der Waals surface area contributed by atoms with Crippen LogP contribution in [0, 0.1) is 0 Å². The van der Waals surface area contributed by atoms with Crippen molar-refractivity contribution >= 4 is 28.2 Å². The number of carbonyl (C=O) groups excluding carboxylic acids is 1. The Morgan fingerprint density at radius 1 is 1.14 bits per heavy atom. The van der Waals surface area contributed by atoms with Crippen LogP contribution in [-0.4, -0.2) is 53.6 Å². The third kappa shape index (κ3) is 6.19. The molecule has 9 nitrogen and oxygen atoms in total. The van der Waals surface area contributed by atoms with Crippen LogP contribution in [0.25, 0.3) is 10.9 Å². The summed E-state index contributed by atoms with van der Waals surface area (Å²) in [6, 6.07) is 9.49. The molecule has 0 fully saturated rings. The number of aromatic nitrogens is 1. The lowest BCUT2D eigenvalue weighted by molar-refractivity contribution is 0.0942. The highest BCUT2D eigenvalue weighted by atomic mass is 16.5. The lowest BCUT2D eigenvalue weighted by Gasteiger charge is -2.20. The molecule has 188 valence electrons. The van der Waals surface area contributed by atoms with Gasteiger partial charge in [0.15, 0.2) is 11.5 Å². The van der Waals surface area contributed by atoms with Crippen LogP contribution >= 0.6 is 0 Å². The van der Waals surface area contributed by atoms with Gasteiger partial charge in [-0.15, -0.1) is 0 Å². The van der Waals surface area contributed by atoms with Crippen molar-refractivity contribution in [2.24, 2.45) is 5.73 Å². The van der Waals surface area contributed by atoms with E-state index >= 15 is 0 Å². The lowest BCUT2D eigenvalue weighted by atomic mass is 10.0. The van der Waals surface area contributed by atoms with E-state index in [1.807, 2.05) is 45.0 Å². The second-order valence-electron chi connectivity index (χ2n) is 7.98. The number of aliphatic hydroxyl groups is 2. The van der Waals surface area contributed by atoms with Crippen LogP contribution in [0.1, 0.15) is 42.3 Å². The van der Waals surface area contributed by atoms with Gasteiger partial charge in [-0.25, -0.2) is 0 Å². The second-order valence-corrected chi connectivity index (χ2v) is 7.98. The number of nitrogens with two attached hydrogens (primary N) is 1. The third-order valence-electron chi connectivity index (χ3n) is 5.59. The first-order valence-electron chi connectivity index (χ1n) is 11.8. The Bertz CT molecular complexity index is 1170. The van der Waals surface area contributed by atoms with Crippen molar-refractivity contribution < 1.29 is 24.5 Å². The molecule has 0 saturated heterocycles. The first-order valence-corrected chi connectivity index (χ1v) is 11.8. The topological polar surface area (TPSA) is 139 Å². The number of carbonyl (C=O) groups is 1. The summed E-state index contributed by atoms with van der Waals surface area (Å²) >= 11 is 0.